The molecule has 0 fully saturated rings. The van der Waals surface area contributed by atoms with Crippen LogP contribution in [0.5, 0.6) is 0 Å². The molecule has 0 saturated carbocycles. The van der Waals surface area contributed by atoms with Gasteiger partial charge in [0, 0.05) is 16.1 Å². The summed E-state index contributed by atoms with van der Waals surface area (Å²) < 4.78 is 13.4. The van der Waals surface area contributed by atoms with Crippen LogP contribution in [0.3, 0.4) is 0 Å². The molecule has 1 heterocycles. The van der Waals surface area contributed by atoms with Crippen molar-refractivity contribution >= 4 is 23.1 Å². The molecule has 4 nitrogen and oxygen atoms in total. The highest BCUT2D eigenvalue weighted by atomic mass is 32.1. The molecule has 0 aliphatic heterocycles. The summed E-state index contributed by atoms with van der Waals surface area (Å²) in [5.41, 5.74) is -0.358. The lowest BCUT2D eigenvalue weighted by molar-refractivity contribution is 0.0637. The van der Waals surface area contributed by atoms with Crippen molar-refractivity contribution < 1.29 is 14.3 Å². The molecular weight excluding hydrogens is 291 g/mol. The molecule has 1 aromatic heterocycles. The summed E-state index contributed by atoms with van der Waals surface area (Å²) in [5.74, 6) is -0.376. The van der Waals surface area contributed by atoms with E-state index >= 15 is 0 Å². The van der Waals surface area contributed by atoms with Crippen LogP contribution in [0, 0.1) is 12.7 Å². The number of carbonyl (C=O) groups is 1. The Morgan fingerprint density at radius 2 is 2.14 bits per heavy atom. The lowest BCUT2D eigenvalue weighted by Crippen LogP contribution is -2.40. The standard InChI is InChI=1S/C15H17FN2O2S/c1-10-11(16)5-3-6-12(10)18-14(19)17-9-15(2,20)13-7-4-8-21-13/h3-8,20H,9H2,1-2H3,(H2,17,18,19). The van der Waals surface area contributed by atoms with Crippen LogP contribution in [0.2, 0.25) is 0 Å². The van der Waals surface area contributed by atoms with Crippen molar-refractivity contribution in [1.82, 2.24) is 5.32 Å². The second-order valence-electron chi connectivity index (χ2n) is 4.97. The van der Waals surface area contributed by atoms with Crippen LogP contribution >= 0.6 is 11.3 Å². The SMILES string of the molecule is Cc1c(F)cccc1NC(=O)NCC(C)(O)c1cccs1. The quantitative estimate of drug-likeness (QED) is 0.812. The first kappa shape index (κ1) is 15.5. The Morgan fingerprint density at radius 1 is 1.38 bits per heavy atom. The number of hydrogen-bond acceptors (Lipinski definition) is 3. The van der Waals surface area contributed by atoms with Gasteiger partial charge in [-0.15, -0.1) is 11.3 Å². The lowest BCUT2D eigenvalue weighted by Gasteiger charge is -2.22. The van der Waals surface area contributed by atoms with Crippen molar-refractivity contribution in [2.24, 2.45) is 0 Å². The van der Waals surface area contributed by atoms with Crippen molar-refractivity contribution in [2.75, 3.05) is 11.9 Å². The summed E-state index contributed by atoms with van der Waals surface area (Å²) in [4.78, 5) is 12.6. The van der Waals surface area contributed by atoms with Crippen molar-refractivity contribution in [3.8, 4) is 0 Å². The van der Waals surface area contributed by atoms with Gasteiger partial charge in [-0.3, -0.25) is 0 Å². The third-order valence-electron chi connectivity index (χ3n) is 3.16. The molecule has 0 spiro atoms. The number of aliphatic hydroxyl groups is 1. The summed E-state index contributed by atoms with van der Waals surface area (Å²) in [6, 6.07) is 7.64. The molecule has 2 rings (SSSR count). The molecule has 6 heteroatoms. The number of amides is 2. The zero-order valence-corrected chi connectivity index (χ0v) is 12.6. The average molecular weight is 308 g/mol. The predicted molar refractivity (Wildman–Crippen MR) is 82.0 cm³/mol. The predicted octanol–water partition coefficient (Wildman–Crippen LogP) is 3.22. The number of nitrogens with one attached hydrogen (secondary N) is 2. The first-order chi connectivity index (χ1) is 9.90. The van der Waals surface area contributed by atoms with E-state index in [9.17, 15) is 14.3 Å². The van der Waals surface area contributed by atoms with Gasteiger partial charge >= 0.3 is 6.03 Å². The van der Waals surface area contributed by atoms with Gasteiger partial charge in [-0.2, -0.15) is 0 Å². The van der Waals surface area contributed by atoms with Crippen LogP contribution in [-0.2, 0) is 5.60 Å². The molecule has 0 radical (unpaired) electrons. The molecular formula is C15H17FN2O2S. The van der Waals surface area contributed by atoms with Gasteiger partial charge in [0.2, 0.25) is 0 Å². The second kappa shape index (κ2) is 6.24. The molecule has 1 atom stereocenters. The highest BCUT2D eigenvalue weighted by Crippen LogP contribution is 2.24. The fraction of sp³-hybridized carbons (Fsp3) is 0.267. The Kier molecular flexibility index (Phi) is 4.59. The van der Waals surface area contributed by atoms with Gasteiger partial charge in [0.25, 0.3) is 0 Å². The highest BCUT2D eigenvalue weighted by Gasteiger charge is 2.24. The fourth-order valence-electron chi connectivity index (χ4n) is 1.83. The third-order valence-corrected chi connectivity index (χ3v) is 4.28. The van der Waals surface area contributed by atoms with Crippen molar-refractivity contribution in [3.63, 3.8) is 0 Å². The first-order valence-electron chi connectivity index (χ1n) is 6.46. The van der Waals surface area contributed by atoms with E-state index in [4.69, 9.17) is 0 Å². The molecule has 112 valence electrons. The smallest absolute Gasteiger partial charge is 0.319 e. The van der Waals surface area contributed by atoms with Gasteiger partial charge in [0.1, 0.15) is 11.4 Å². The second-order valence-corrected chi connectivity index (χ2v) is 5.92. The zero-order chi connectivity index (χ0) is 15.5. The number of urea groups is 1. The van der Waals surface area contributed by atoms with Crippen LogP contribution in [0.1, 0.15) is 17.4 Å². The Bertz CT molecular complexity index is 627. The van der Waals surface area contributed by atoms with Gasteiger partial charge in [0.15, 0.2) is 0 Å². The van der Waals surface area contributed by atoms with E-state index in [0.29, 0.717) is 11.3 Å². The zero-order valence-electron chi connectivity index (χ0n) is 11.8. The van der Waals surface area contributed by atoms with E-state index in [0.717, 1.165) is 4.88 Å². The summed E-state index contributed by atoms with van der Waals surface area (Å²) in [7, 11) is 0. The summed E-state index contributed by atoms with van der Waals surface area (Å²) in [6.07, 6.45) is 0. The number of hydrogen-bond donors (Lipinski definition) is 3. The van der Waals surface area contributed by atoms with Crippen molar-refractivity contribution in [1.29, 1.82) is 0 Å². The van der Waals surface area contributed by atoms with Gasteiger partial charge in [0.05, 0.1) is 6.54 Å². The minimum Gasteiger partial charge on any atom is -0.383 e. The summed E-state index contributed by atoms with van der Waals surface area (Å²) in [5, 5.41) is 17.3. The molecule has 0 bridgehead atoms. The normalized spacial score (nSPS) is 13.5. The lowest BCUT2D eigenvalue weighted by atomic mass is 10.1. The Hall–Kier alpha value is -1.92. The maximum absolute atomic E-state index is 13.4. The van der Waals surface area contributed by atoms with Crippen LogP contribution in [0.4, 0.5) is 14.9 Å². The summed E-state index contributed by atoms with van der Waals surface area (Å²) >= 11 is 1.42. The number of benzene rings is 1. The molecule has 0 aliphatic rings. The van der Waals surface area contributed by atoms with Gasteiger partial charge < -0.3 is 15.7 Å². The summed E-state index contributed by atoms with van der Waals surface area (Å²) in [6.45, 7) is 3.28. The number of halogens is 1. The van der Waals surface area contributed by atoms with Gasteiger partial charge in [-0.25, -0.2) is 9.18 Å². The van der Waals surface area contributed by atoms with Crippen molar-refractivity contribution in [2.45, 2.75) is 19.4 Å². The number of carbonyl (C=O) groups excluding carboxylic acids is 1. The first-order valence-corrected chi connectivity index (χ1v) is 7.34. The molecule has 3 N–H and O–H groups in total. The minimum atomic E-state index is -1.14. The largest absolute Gasteiger partial charge is 0.383 e. The monoisotopic (exact) mass is 308 g/mol. The van der Waals surface area contributed by atoms with Crippen LogP contribution in [-0.4, -0.2) is 17.7 Å². The maximum atomic E-state index is 13.4. The van der Waals surface area contributed by atoms with E-state index in [1.165, 1.54) is 23.5 Å². The van der Waals surface area contributed by atoms with E-state index < -0.39 is 11.6 Å². The number of anilines is 1. The topological polar surface area (TPSA) is 61.4 Å². The molecule has 1 aromatic carbocycles. The van der Waals surface area contributed by atoms with E-state index in [1.54, 1.807) is 26.0 Å². The van der Waals surface area contributed by atoms with E-state index in [2.05, 4.69) is 10.6 Å². The third kappa shape index (κ3) is 3.80. The minimum absolute atomic E-state index is 0.0632. The molecule has 1 unspecified atom stereocenters. The van der Waals surface area contributed by atoms with Gasteiger partial charge in [-0.1, -0.05) is 12.1 Å². The van der Waals surface area contributed by atoms with Gasteiger partial charge in [-0.05, 0) is 37.4 Å². The molecule has 0 aliphatic carbocycles. The van der Waals surface area contributed by atoms with Crippen LogP contribution in [0.25, 0.3) is 0 Å². The highest BCUT2D eigenvalue weighted by molar-refractivity contribution is 7.10. The average Bonchev–Trinajstić information content (AvgIpc) is 2.97. The van der Waals surface area contributed by atoms with Crippen LogP contribution < -0.4 is 10.6 Å². The Morgan fingerprint density at radius 3 is 2.81 bits per heavy atom. The molecule has 0 saturated heterocycles. The fourth-order valence-corrected chi connectivity index (χ4v) is 2.62. The van der Waals surface area contributed by atoms with E-state index in [-0.39, 0.29) is 12.4 Å². The Balaban J connectivity index is 1.95. The maximum Gasteiger partial charge on any atom is 0.319 e. The Labute approximate surface area is 126 Å². The number of rotatable bonds is 4. The van der Waals surface area contributed by atoms with E-state index in [1.807, 2.05) is 11.4 Å². The molecule has 2 amide bonds. The van der Waals surface area contributed by atoms with Crippen LogP contribution in [0.15, 0.2) is 35.7 Å². The molecule has 2 aromatic rings. The number of thiophene rings is 1. The van der Waals surface area contributed by atoms with Crippen molar-refractivity contribution in [3.05, 3.63) is 52.0 Å². The molecule has 21 heavy (non-hydrogen) atoms.